The number of aromatic nitrogens is 2. The van der Waals surface area contributed by atoms with Crippen molar-refractivity contribution in [3.8, 4) is 11.4 Å². The number of aryl methyl sites for hydroxylation is 1. The van der Waals surface area contributed by atoms with E-state index in [1.165, 1.54) is 23.9 Å². The lowest BCUT2D eigenvalue weighted by atomic mass is 10.1. The topological polar surface area (TPSA) is 53.4 Å². The van der Waals surface area contributed by atoms with Crippen LogP contribution in [-0.4, -0.2) is 16.3 Å². The third-order valence-corrected chi connectivity index (χ3v) is 6.45. The van der Waals surface area contributed by atoms with E-state index in [1.54, 1.807) is 10.6 Å². The van der Waals surface area contributed by atoms with Crippen molar-refractivity contribution in [1.29, 1.82) is 0 Å². The Morgan fingerprint density at radius 3 is 2.78 bits per heavy atom. The molecule has 162 valence electrons. The fourth-order valence-electron chi connectivity index (χ4n) is 3.96. The minimum atomic E-state index is -0.339. The minimum Gasteiger partial charge on any atom is -0.467 e. The van der Waals surface area contributed by atoms with E-state index >= 15 is 0 Å². The van der Waals surface area contributed by atoms with Gasteiger partial charge in [0.05, 0.1) is 23.2 Å². The molecule has 2 heterocycles. The number of halogens is 1. The van der Waals surface area contributed by atoms with Gasteiger partial charge < -0.3 is 9.47 Å². The van der Waals surface area contributed by atoms with Gasteiger partial charge in [-0.25, -0.2) is 9.37 Å². The molecule has 0 atom stereocenters. The first-order chi connectivity index (χ1) is 15.7. The molecule has 7 heteroatoms. The van der Waals surface area contributed by atoms with Crippen molar-refractivity contribution >= 4 is 22.7 Å². The van der Waals surface area contributed by atoms with Crippen LogP contribution in [0.15, 0.2) is 70.6 Å². The first-order valence-electron chi connectivity index (χ1n) is 10.4. The average molecular weight is 449 g/mol. The van der Waals surface area contributed by atoms with Crippen LogP contribution in [0.1, 0.15) is 23.6 Å². The van der Waals surface area contributed by atoms with E-state index in [0.29, 0.717) is 45.3 Å². The van der Waals surface area contributed by atoms with E-state index in [9.17, 15) is 9.18 Å². The molecule has 5 nitrogen and oxygen atoms in total. The van der Waals surface area contributed by atoms with Crippen LogP contribution >= 0.6 is 11.8 Å². The van der Waals surface area contributed by atoms with E-state index < -0.39 is 0 Å². The smallest absolute Gasteiger partial charge is 0.266 e. The summed E-state index contributed by atoms with van der Waals surface area (Å²) in [6, 6.07) is 18.1. The van der Waals surface area contributed by atoms with Gasteiger partial charge in [-0.1, -0.05) is 49.0 Å². The second-order valence-electron chi connectivity index (χ2n) is 7.49. The number of ether oxygens (including phenoxy) is 2. The number of benzene rings is 3. The highest BCUT2D eigenvalue weighted by Gasteiger charge is 2.20. The summed E-state index contributed by atoms with van der Waals surface area (Å²) in [5.74, 6) is 0.710. The molecule has 0 aliphatic carbocycles. The number of fused-ring (bicyclic) bond motifs is 2. The van der Waals surface area contributed by atoms with Crippen LogP contribution in [0.3, 0.4) is 0 Å². The number of rotatable bonds is 5. The van der Waals surface area contributed by atoms with Crippen molar-refractivity contribution in [3.63, 3.8) is 0 Å². The van der Waals surface area contributed by atoms with Gasteiger partial charge in [-0.3, -0.25) is 9.36 Å². The van der Waals surface area contributed by atoms with Crippen LogP contribution in [0.25, 0.3) is 16.6 Å². The molecule has 0 saturated carbocycles. The normalized spacial score (nSPS) is 13.1. The number of hydrogen-bond donors (Lipinski definition) is 0. The zero-order valence-electron chi connectivity index (χ0n) is 17.5. The fraction of sp³-hybridized carbons (Fsp3) is 0.200. The third-order valence-electron chi connectivity index (χ3n) is 5.47. The highest BCUT2D eigenvalue weighted by atomic mass is 32.2. The molecule has 0 saturated heterocycles. The summed E-state index contributed by atoms with van der Waals surface area (Å²) in [6.45, 7) is 2.51. The maximum Gasteiger partial charge on any atom is 0.266 e. The molecule has 0 unspecified atom stereocenters. The monoisotopic (exact) mass is 448 g/mol. The molecule has 1 aliphatic heterocycles. The number of hydrogen-bond acceptors (Lipinski definition) is 5. The Morgan fingerprint density at radius 2 is 1.91 bits per heavy atom. The van der Waals surface area contributed by atoms with E-state index in [2.05, 4.69) is 6.92 Å². The fourth-order valence-corrected chi connectivity index (χ4v) is 4.93. The third kappa shape index (κ3) is 3.78. The van der Waals surface area contributed by atoms with Crippen LogP contribution in [-0.2, 0) is 23.5 Å². The Hall–Kier alpha value is -3.16. The van der Waals surface area contributed by atoms with Gasteiger partial charge >= 0.3 is 0 Å². The van der Waals surface area contributed by atoms with E-state index in [-0.39, 0.29) is 18.2 Å². The molecule has 0 radical (unpaired) electrons. The number of thioether (sulfide) groups is 1. The summed E-state index contributed by atoms with van der Waals surface area (Å²) >= 11 is 1.39. The predicted octanol–water partition coefficient (Wildman–Crippen LogP) is 5.25. The van der Waals surface area contributed by atoms with Crippen molar-refractivity contribution in [3.05, 3.63) is 93.5 Å². The molecule has 4 aromatic rings. The Labute approximate surface area is 188 Å². The zero-order chi connectivity index (χ0) is 22.1. The highest BCUT2D eigenvalue weighted by Crippen LogP contribution is 2.34. The Balaban J connectivity index is 1.63. The molecule has 0 fully saturated rings. The molecule has 1 aliphatic rings. The first-order valence-corrected chi connectivity index (χ1v) is 11.4. The van der Waals surface area contributed by atoms with Gasteiger partial charge in [0.15, 0.2) is 11.9 Å². The van der Waals surface area contributed by atoms with Gasteiger partial charge in [0.1, 0.15) is 11.6 Å². The lowest BCUT2D eigenvalue weighted by Crippen LogP contribution is -2.23. The van der Waals surface area contributed by atoms with Gasteiger partial charge in [0.2, 0.25) is 0 Å². The average Bonchev–Trinajstić information content (AvgIpc) is 2.82. The van der Waals surface area contributed by atoms with E-state index in [4.69, 9.17) is 14.5 Å². The minimum absolute atomic E-state index is 0.120. The summed E-state index contributed by atoms with van der Waals surface area (Å²) in [5, 5.41) is 1.12. The number of nitrogens with zero attached hydrogens (tertiary/aromatic N) is 2. The van der Waals surface area contributed by atoms with Crippen LogP contribution in [0.2, 0.25) is 0 Å². The summed E-state index contributed by atoms with van der Waals surface area (Å²) < 4.78 is 26.8. The molecule has 0 bridgehead atoms. The SMILES string of the molecule is CCc1ccccc1-n1c(SCc2cc(F)cc3c2OCOC3)nc2ccccc2c1=O. The molecule has 0 spiro atoms. The Kier molecular flexibility index (Phi) is 5.68. The molecule has 0 amide bonds. The van der Waals surface area contributed by atoms with Gasteiger partial charge in [-0.05, 0) is 42.3 Å². The van der Waals surface area contributed by atoms with Gasteiger partial charge in [0.25, 0.3) is 5.56 Å². The zero-order valence-corrected chi connectivity index (χ0v) is 18.3. The van der Waals surface area contributed by atoms with Crippen molar-refractivity contribution in [1.82, 2.24) is 9.55 Å². The molecular weight excluding hydrogens is 427 g/mol. The van der Waals surface area contributed by atoms with Crippen LogP contribution in [0.4, 0.5) is 4.39 Å². The predicted molar refractivity (Wildman–Crippen MR) is 123 cm³/mol. The molecule has 3 aromatic carbocycles. The summed E-state index contributed by atoms with van der Waals surface area (Å²) in [5.41, 5.74) is 3.78. The Bertz CT molecular complexity index is 1370. The lowest BCUT2D eigenvalue weighted by Gasteiger charge is -2.21. The van der Waals surface area contributed by atoms with Gasteiger partial charge in [-0.15, -0.1) is 0 Å². The molecule has 0 N–H and O–H groups in total. The van der Waals surface area contributed by atoms with Gasteiger partial charge in [-0.2, -0.15) is 0 Å². The van der Waals surface area contributed by atoms with Crippen molar-refractivity contribution < 1.29 is 13.9 Å². The van der Waals surface area contributed by atoms with Crippen LogP contribution in [0, 0.1) is 5.82 Å². The van der Waals surface area contributed by atoms with Crippen molar-refractivity contribution in [2.75, 3.05) is 6.79 Å². The molecule has 1 aromatic heterocycles. The molecular formula is C25H21FN2O3S. The van der Waals surface area contributed by atoms with E-state index in [1.807, 2.05) is 42.5 Å². The van der Waals surface area contributed by atoms with E-state index in [0.717, 1.165) is 17.7 Å². The van der Waals surface area contributed by atoms with Gasteiger partial charge in [0, 0.05) is 16.9 Å². The second kappa shape index (κ2) is 8.76. The molecule has 5 rings (SSSR count). The maximum atomic E-state index is 14.2. The summed E-state index contributed by atoms with van der Waals surface area (Å²) in [7, 11) is 0. The number of para-hydroxylation sites is 2. The highest BCUT2D eigenvalue weighted by molar-refractivity contribution is 7.98. The first kappa shape index (κ1) is 20.7. The largest absolute Gasteiger partial charge is 0.467 e. The van der Waals surface area contributed by atoms with Crippen molar-refractivity contribution in [2.45, 2.75) is 30.9 Å². The second-order valence-corrected chi connectivity index (χ2v) is 8.43. The summed E-state index contributed by atoms with van der Waals surface area (Å²) in [4.78, 5) is 18.3. The quantitative estimate of drug-likeness (QED) is 0.309. The lowest BCUT2D eigenvalue weighted by molar-refractivity contribution is -0.0171. The van der Waals surface area contributed by atoms with Crippen molar-refractivity contribution in [2.24, 2.45) is 0 Å². The Morgan fingerprint density at radius 1 is 1.09 bits per heavy atom. The van der Waals surface area contributed by atoms with Crippen LogP contribution < -0.4 is 10.3 Å². The van der Waals surface area contributed by atoms with Crippen LogP contribution in [0.5, 0.6) is 5.75 Å². The summed E-state index contributed by atoms with van der Waals surface area (Å²) in [6.07, 6.45) is 0.783. The maximum absolute atomic E-state index is 14.2. The molecule has 32 heavy (non-hydrogen) atoms. The standard InChI is InChI=1S/C25H21FN2O3S/c1-2-16-7-3-6-10-22(16)28-24(29)20-8-4-5-9-21(20)27-25(28)32-14-18-12-19(26)11-17-13-30-15-31-23(17)18/h3-12H,2,13-15H2,1H3.